The molecule has 2 heterocycles. The van der Waals surface area contributed by atoms with Crippen molar-refractivity contribution in [3.05, 3.63) is 0 Å². The maximum atomic E-state index is 2.39. The Labute approximate surface area is 95.0 Å². The van der Waals surface area contributed by atoms with Crippen LogP contribution in [0.15, 0.2) is 0 Å². The average molecular weight is 213 g/mol. The zero-order chi connectivity index (χ0) is 11.1. The summed E-state index contributed by atoms with van der Waals surface area (Å²) in [6.45, 7) is 7.57. The first kappa shape index (κ1) is 12.9. The third-order valence-electron chi connectivity index (χ3n) is 3.31. The average Bonchev–Trinajstić information content (AvgIpc) is 2.25. The molecule has 0 radical (unpaired) electrons. The quantitative estimate of drug-likeness (QED) is 0.593. The third-order valence-corrected chi connectivity index (χ3v) is 3.31. The van der Waals surface area contributed by atoms with E-state index >= 15 is 0 Å². The van der Waals surface area contributed by atoms with Crippen molar-refractivity contribution in [1.82, 2.24) is 14.7 Å². The third kappa shape index (κ3) is 6.13. The van der Waals surface area contributed by atoms with Gasteiger partial charge in [0.15, 0.2) is 0 Å². The van der Waals surface area contributed by atoms with Gasteiger partial charge < -0.3 is 14.7 Å². The van der Waals surface area contributed by atoms with Gasteiger partial charge in [0.25, 0.3) is 0 Å². The van der Waals surface area contributed by atoms with Crippen LogP contribution in [0.3, 0.4) is 0 Å². The van der Waals surface area contributed by atoms with E-state index in [0.717, 1.165) is 0 Å². The predicted octanol–water partition coefficient (Wildman–Crippen LogP) is 0.966. The lowest BCUT2D eigenvalue weighted by Crippen LogP contribution is -2.42. The molecular weight excluding hydrogens is 186 g/mol. The molecule has 0 unspecified atom stereocenters. The van der Waals surface area contributed by atoms with Crippen LogP contribution in [0.2, 0.25) is 0 Å². The van der Waals surface area contributed by atoms with Crippen LogP contribution >= 0.6 is 0 Å². The Morgan fingerprint density at radius 3 is 1.07 bits per heavy atom. The number of piperazine rings is 1. The first-order valence-corrected chi connectivity index (χ1v) is 6.24. The van der Waals surface area contributed by atoms with Crippen molar-refractivity contribution in [3.8, 4) is 0 Å². The summed E-state index contributed by atoms with van der Waals surface area (Å²) in [5.74, 6) is 0. The van der Waals surface area contributed by atoms with Gasteiger partial charge in [-0.3, -0.25) is 0 Å². The summed E-state index contributed by atoms with van der Waals surface area (Å²) in [4.78, 5) is 7.11. The summed E-state index contributed by atoms with van der Waals surface area (Å²) in [6, 6.07) is 0. The monoisotopic (exact) mass is 213 g/mol. The van der Waals surface area contributed by atoms with Crippen LogP contribution in [-0.2, 0) is 0 Å². The van der Waals surface area contributed by atoms with Gasteiger partial charge in [0.2, 0.25) is 0 Å². The molecule has 2 rings (SSSR count). The second kappa shape index (κ2) is 7.20. The van der Waals surface area contributed by atoms with Crippen molar-refractivity contribution in [2.75, 3.05) is 60.4 Å². The van der Waals surface area contributed by atoms with Gasteiger partial charge in [-0.05, 0) is 47.1 Å². The summed E-state index contributed by atoms with van der Waals surface area (Å²) in [5, 5.41) is 0. The van der Waals surface area contributed by atoms with E-state index in [0.29, 0.717) is 0 Å². The molecule has 0 aromatic rings. The molecule has 2 saturated heterocycles. The van der Waals surface area contributed by atoms with Gasteiger partial charge in [-0.15, -0.1) is 0 Å². The maximum Gasteiger partial charge on any atom is 0.0107 e. The predicted molar refractivity (Wildman–Crippen MR) is 66.3 cm³/mol. The molecule has 0 amide bonds. The zero-order valence-electron chi connectivity index (χ0n) is 10.7. The molecule has 2 aliphatic heterocycles. The standard InChI is InChI=1S/C6H14N2.C6H13N/c1-7-3-5-8(2)6-4-7;1-7-5-3-2-4-6-7/h3-6H2,1-2H3;2-6H2,1H3. The Kier molecular flexibility index (Phi) is 6.22. The lowest BCUT2D eigenvalue weighted by molar-refractivity contribution is 0.181. The molecule has 3 nitrogen and oxygen atoms in total. The fourth-order valence-corrected chi connectivity index (χ4v) is 1.96. The highest BCUT2D eigenvalue weighted by molar-refractivity contribution is 4.64. The number of rotatable bonds is 0. The second-order valence-corrected chi connectivity index (χ2v) is 4.97. The topological polar surface area (TPSA) is 9.72 Å². The molecular formula is C12H27N3. The minimum atomic E-state index is 1.23. The molecule has 0 N–H and O–H groups in total. The normalized spacial score (nSPS) is 25.8. The van der Waals surface area contributed by atoms with Crippen molar-refractivity contribution in [3.63, 3.8) is 0 Å². The van der Waals surface area contributed by atoms with Crippen molar-refractivity contribution < 1.29 is 0 Å². The lowest BCUT2D eigenvalue weighted by Gasteiger charge is -2.28. The molecule has 0 aromatic heterocycles. The summed E-state index contributed by atoms with van der Waals surface area (Å²) in [5.41, 5.74) is 0. The van der Waals surface area contributed by atoms with E-state index in [1.165, 1.54) is 58.5 Å². The first-order chi connectivity index (χ1) is 7.18. The largest absolute Gasteiger partial charge is 0.306 e. The highest BCUT2D eigenvalue weighted by Gasteiger charge is 2.07. The van der Waals surface area contributed by atoms with Crippen molar-refractivity contribution >= 4 is 0 Å². The van der Waals surface area contributed by atoms with E-state index in [-0.39, 0.29) is 0 Å². The fourth-order valence-electron chi connectivity index (χ4n) is 1.96. The number of likely N-dealkylation sites (N-methyl/N-ethyl adjacent to an activating group) is 2. The Bertz CT molecular complexity index is 137. The fraction of sp³-hybridized carbons (Fsp3) is 1.00. The Morgan fingerprint density at radius 1 is 0.467 bits per heavy atom. The van der Waals surface area contributed by atoms with E-state index in [9.17, 15) is 0 Å². The molecule has 0 saturated carbocycles. The summed E-state index contributed by atoms with van der Waals surface area (Å²) in [6.07, 6.45) is 4.28. The molecule has 2 fully saturated rings. The van der Waals surface area contributed by atoms with Crippen LogP contribution in [-0.4, -0.2) is 75.1 Å². The highest BCUT2D eigenvalue weighted by atomic mass is 15.2. The van der Waals surface area contributed by atoms with Gasteiger partial charge in [0.1, 0.15) is 0 Å². The van der Waals surface area contributed by atoms with Gasteiger partial charge in [-0.2, -0.15) is 0 Å². The molecule has 0 bridgehead atoms. The zero-order valence-corrected chi connectivity index (χ0v) is 10.7. The highest BCUT2D eigenvalue weighted by Crippen LogP contribution is 2.04. The maximum absolute atomic E-state index is 2.39. The molecule has 2 aliphatic rings. The van der Waals surface area contributed by atoms with E-state index in [4.69, 9.17) is 0 Å². The molecule has 0 aromatic carbocycles. The molecule has 0 atom stereocenters. The minimum Gasteiger partial charge on any atom is -0.306 e. The van der Waals surface area contributed by atoms with Gasteiger partial charge in [-0.1, -0.05) is 6.42 Å². The van der Waals surface area contributed by atoms with E-state index < -0.39 is 0 Å². The SMILES string of the molecule is CN1CCCCC1.CN1CCN(C)CC1. The van der Waals surface area contributed by atoms with Crippen molar-refractivity contribution in [1.29, 1.82) is 0 Å². The van der Waals surface area contributed by atoms with Crippen LogP contribution in [0, 0.1) is 0 Å². The van der Waals surface area contributed by atoms with Crippen LogP contribution in [0.25, 0.3) is 0 Å². The van der Waals surface area contributed by atoms with E-state index in [2.05, 4.69) is 35.8 Å². The molecule has 0 spiro atoms. The minimum absolute atomic E-state index is 1.23. The van der Waals surface area contributed by atoms with Crippen LogP contribution in [0.4, 0.5) is 0 Å². The van der Waals surface area contributed by atoms with Crippen LogP contribution < -0.4 is 0 Å². The van der Waals surface area contributed by atoms with Gasteiger partial charge in [0, 0.05) is 26.2 Å². The van der Waals surface area contributed by atoms with E-state index in [1.54, 1.807) is 0 Å². The smallest absolute Gasteiger partial charge is 0.0107 e. The van der Waals surface area contributed by atoms with Crippen molar-refractivity contribution in [2.45, 2.75) is 19.3 Å². The molecule has 90 valence electrons. The Morgan fingerprint density at radius 2 is 0.800 bits per heavy atom. The van der Waals surface area contributed by atoms with Gasteiger partial charge >= 0.3 is 0 Å². The summed E-state index contributed by atoms with van der Waals surface area (Å²) >= 11 is 0. The molecule has 0 aliphatic carbocycles. The molecule has 15 heavy (non-hydrogen) atoms. The summed E-state index contributed by atoms with van der Waals surface area (Å²) in [7, 11) is 6.54. The number of hydrogen-bond acceptors (Lipinski definition) is 3. The van der Waals surface area contributed by atoms with Crippen LogP contribution in [0.1, 0.15) is 19.3 Å². The molecule has 3 heteroatoms. The number of piperidine rings is 1. The van der Waals surface area contributed by atoms with Crippen LogP contribution in [0.5, 0.6) is 0 Å². The number of likely N-dealkylation sites (tertiary alicyclic amines) is 1. The second-order valence-electron chi connectivity index (χ2n) is 4.97. The summed E-state index contributed by atoms with van der Waals surface area (Å²) < 4.78 is 0. The van der Waals surface area contributed by atoms with Gasteiger partial charge in [0.05, 0.1) is 0 Å². The number of nitrogens with zero attached hydrogens (tertiary/aromatic N) is 3. The first-order valence-electron chi connectivity index (χ1n) is 6.24. The Hall–Kier alpha value is -0.120. The number of hydrogen-bond donors (Lipinski definition) is 0. The van der Waals surface area contributed by atoms with Gasteiger partial charge in [-0.25, -0.2) is 0 Å². The van der Waals surface area contributed by atoms with E-state index in [1.807, 2.05) is 0 Å². The Balaban J connectivity index is 0.000000151. The lowest BCUT2D eigenvalue weighted by atomic mass is 10.1. The van der Waals surface area contributed by atoms with Crippen molar-refractivity contribution in [2.24, 2.45) is 0 Å².